The number of rotatable bonds is 9. The van der Waals surface area contributed by atoms with Gasteiger partial charge >= 0.3 is 12.1 Å². The Bertz CT molecular complexity index is 1280. The van der Waals surface area contributed by atoms with E-state index in [1.165, 1.54) is 0 Å². The molecule has 2 aromatic heterocycles. The van der Waals surface area contributed by atoms with Gasteiger partial charge in [0.2, 0.25) is 5.28 Å². The van der Waals surface area contributed by atoms with Crippen LogP contribution in [0.25, 0.3) is 11.2 Å². The lowest BCUT2D eigenvalue weighted by molar-refractivity contribution is -0.203. The van der Waals surface area contributed by atoms with Crippen molar-refractivity contribution in [3.05, 3.63) is 47.5 Å². The van der Waals surface area contributed by atoms with Crippen LogP contribution in [0.4, 0.5) is 19.0 Å². The topological polar surface area (TPSA) is 137 Å². The summed E-state index contributed by atoms with van der Waals surface area (Å²) < 4.78 is 42.2. The second-order valence-electron chi connectivity index (χ2n) is 9.23. The van der Waals surface area contributed by atoms with Gasteiger partial charge in [-0.05, 0) is 42.8 Å². The maximum absolute atomic E-state index is 13.7. The number of nitrogens with zero attached hydrogens (tertiary/aromatic N) is 5. The molecule has 0 bridgehead atoms. The van der Waals surface area contributed by atoms with Crippen molar-refractivity contribution in [3.63, 3.8) is 0 Å². The Morgan fingerprint density at radius 1 is 1.29 bits per heavy atom. The van der Waals surface area contributed by atoms with Crippen LogP contribution in [0.3, 0.4) is 0 Å². The van der Waals surface area contributed by atoms with Crippen LogP contribution in [0.2, 0.25) is 5.28 Å². The summed E-state index contributed by atoms with van der Waals surface area (Å²) in [6.07, 6.45) is -6.94. The number of hydrogen-bond donors (Lipinski definition) is 4. The molecule has 1 aliphatic carbocycles. The molecule has 0 aliphatic heterocycles. The largest absolute Gasteiger partial charge is 0.471 e. The number of nitrogens with one attached hydrogen (secondary N) is 1. The predicted octanol–water partition coefficient (Wildman–Crippen LogP) is 2.46. The summed E-state index contributed by atoms with van der Waals surface area (Å²) in [7, 11) is 0. The van der Waals surface area contributed by atoms with E-state index >= 15 is 0 Å². The highest BCUT2D eigenvalue weighted by Gasteiger charge is 2.59. The Balaban J connectivity index is 1.82. The van der Waals surface area contributed by atoms with E-state index in [9.17, 15) is 33.3 Å². The molecule has 0 spiro atoms. The lowest BCUT2D eigenvalue weighted by Gasteiger charge is -2.44. The Kier molecular flexibility index (Phi) is 8.12. The van der Waals surface area contributed by atoms with Crippen LogP contribution < -0.4 is 5.32 Å². The van der Waals surface area contributed by atoms with Crippen molar-refractivity contribution in [2.24, 2.45) is 0 Å². The fourth-order valence-corrected chi connectivity index (χ4v) is 5.18. The number of alkyl halides is 3. The van der Waals surface area contributed by atoms with E-state index in [1.807, 2.05) is 30.3 Å². The fraction of sp³-hybridized carbons (Fsp3) is 0.500. The Hall–Kier alpha value is -3.00. The first kappa shape index (κ1) is 28.0. The Labute approximate surface area is 221 Å². The van der Waals surface area contributed by atoms with Crippen molar-refractivity contribution in [3.8, 4) is 0 Å². The highest BCUT2D eigenvalue weighted by molar-refractivity contribution is 6.28. The molecule has 4 N–H and O–H groups in total. The molecule has 4 atom stereocenters. The average molecular weight is 557 g/mol. The van der Waals surface area contributed by atoms with Gasteiger partial charge in [-0.25, -0.2) is 4.98 Å². The molecule has 1 saturated carbocycles. The van der Waals surface area contributed by atoms with Crippen LogP contribution in [-0.4, -0.2) is 83.2 Å². The van der Waals surface area contributed by atoms with Crippen molar-refractivity contribution in [2.45, 2.75) is 62.7 Å². The van der Waals surface area contributed by atoms with Crippen molar-refractivity contribution in [2.75, 3.05) is 18.5 Å². The summed E-state index contributed by atoms with van der Waals surface area (Å²) in [4.78, 5) is 25.8. The zero-order valence-corrected chi connectivity index (χ0v) is 21.2. The molecule has 1 amide bonds. The van der Waals surface area contributed by atoms with Gasteiger partial charge in [-0.1, -0.05) is 37.3 Å². The Morgan fingerprint density at radius 2 is 2.00 bits per heavy atom. The first-order valence-electron chi connectivity index (χ1n) is 12.1. The molecule has 4 rings (SSSR count). The molecule has 1 aliphatic rings. The monoisotopic (exact) mass is 556 g/mol. The van der Waals surface area contributed by atoms with Crippen molar-refractivity contribution in [1.82, 2.24) is 24.4 Å². The molecular formula is C24H28ClF3N6O4. The van der Waals surface area contributed by atoms with E-state index in [1.54, 1.807) is 6.92 Å². The number of halogens is 4. The number of aromatic nitrogens is 4. The van der Waals surface area contributed by atoms with Gasteiger partial charge in [-0.3, -0.25) is 9.36 Å². The molecule has 38 heavy (non-hydrogen) atoms. The molecule has 3 aromatic rings. The third-order valence-corrected chi connectivity index (χ3v) is 6.89. The van der Waals surface area contributed by atoms with Gasteiger partial charge in [0.25, 0.3) is 0 Å². The van der Waals surface area contributed by atoms with Crippen LogP contribution in [0.1, 0.15) is 31.7 Å². The number of anilines is 1. The summed E-state index contributed by atoms with van der Waals surface area (Å²) >= 11 is 6.19. The molecule has 0 radical (unpaired) electrons. The highest BCUT2D eigenvalue weighted by Crippen LogP contribution is 2.44. The quantitative estimate of drug-likeness (QED) is 0.295. The molecule has 14 heteroatoms. The van der Waals surface area contributed by atoms with E-state index in [2.05, 4.69) is 20.3 Å². The van der Waals surface area contributed by atoms with E-state index < -0.39 is 36.0 Å². The van der Waals surface area contributed by atoms with Gasteiger partial charge in [-0.2, -0.15) is 23.1 Å². The number of benzene rings is 1. The number of aliphatic hydroxyl groups is 3. The van der Waals surface area contributed by atoms with Crippen LogP contribution in [0, 0.1) is 0 Å². The van der Waals surface area contributed by atoms with Gasteiger partial charge in [0, 0.05) is 6.54 Å². The lowest BCUT2D eigenvalue weighted by atomic mass is 10.0. The van der Waals surface area contributed by atoms with Crippen LogP contribution >= 0.6 is 11.6 Å². The molecule has 1 aromatic carbocycles. The summed E-state index contributed by atoms with van der Waals surface area (Å²) in [5, 5.41) is 34.2. The third-order valence-electron chi connectivity index (χ3n) is 6.72. The van der Waals surface area contributed by atoms with E-state index in [0.717, 1.165) is 16.5 Å². The standard InChI is InChI=1S/C24H28ClF3N6O4/c1-2-10-33(21(38)24(26,27)28)23(9-8-16(36)18(23)37)34-13-29-17-19(31-22(25)32-20(17)34)30-15(12-35)11-14-6-4-3-5-7-14/h3-7,13,15-16,18,35-37H,2,8-12H2,1H3,(H,30,31,32)/t15-,16?,18?,23?/m0/s1. The van der Waals surface area contributed by atoms with Crippen LogP contribution in [0.5, 0.6) is 0 Å². The zero-order valence-electron chi connectivity index (χ0n) is 20.4. The van der Waals surface area contributed by atoms with Gasteiger partial charge in [-0.15, -0.1) is 0 Å². The lowest BCUT2D eigenvalue weighted by Crippen LogP contribution is -2.62. The normalized spacial score (nSPS) is 22.5. The minimum absolute atomic E-state index is 0.0480. The maximum Gasteiger partial charge on any atom is 0.471 e. The van der Waals surface area contributed by atoms with E-state index in [4.69, 9.17) is 11.6 Å². The van der Waals surface area contributed by atoms with Gasteiger partial charge < -0.3 is 25.5 Å². The molecule has 10 nitrogen and oxygen atoms in total. The average Bonchev–Trinajstić information content (AvgIpc) is 3.43. The zero-order chi connectivity index (χ0) is 27.7. The van der Waals surface area contributed by atoms with Crippen LogP contribution in [-0.2, 0) is 16.9 Å². The third kappa shape index (κ3) is 5.15. The molecule has 2 heterocycles. The van der Waals surface area contributed by atoms with E-state index in [0.29, 0.717) is 11.3 Å². The molecule has 0 saturated heterocycles. The predicted molar refractivity (Wildman–Crippen MR) is 132 cm³/mol. The molecule has 3 unspecified atom stereocenters. The van der Waals surface area contributed by atoms with Crippen molar-refractivity contribution >= 4 is 34.5 Å². The maximum atomic E-state index is 13.7. The number of fused-ring (bicyclic) bond motifs is 1. The highest BCUT2D eigenvalue weighted by atomic mass is 35.5. The van der Waals surface area contributed by atoms with Gasteiger partial charge in [0.05, 0.1) is 25.1 Å². The number of amides is 1. The summed E-state index contributed by atoms with van der Waals surface area (Å²) in [6.45, 7) is 0.963. The van der Waals surface area contributed by atoms with Gasteiger partial charge in [0.1, 0.15) is 6.10 Å². The Morgan fingerprint density at radius 3 is 2.58 bits per heavy atom. The summed E-state index contributed by atoms with van der Waals surface area (Å²) in [5.41, 5.74) is -1.05. The fourth-order valence-electron chi connectivity index (χ4n) is 5.02. The smallest absolute Gasteiger partial charge is 0.394 e. The summed E-state index contributed by atoms with van der Waals surface area (Å²) in [5.74, 6) is -2.04. The number of carbonyl (C=O) groups is 1. The molecule has 1 fully saturated rings. The first-order chi connectivity index (χ1) is 18.0. The number of aliphatic hydroxyl groups excluding tert-OH is 3. The second kappa shape index (κ2) is 11.0. The second-order valence-corrected chi connectivity index (χ2v) is 9.56. The van der Waals surface area contributed by atoms with E-state index in [-0.39, 0.29) is 54.7 Å². The number of carbonyl (C=O) groups excluding carboxylic acids is 1. The minimum Gasteiger partial charge on any atom is -0.394 e. The molecular weight excluding hydrogens is 529 g/mol. The van der Waals surface area contributed by atoms with Crippen molar-refractivity contribution in [1.29, 1.82) is 0 Å². The van der Waals surface area contributed by atoms with Gasteiger partial charge in [0.15, 0.2) is 22.6 Å². The molecule has 206 valence electrons. The number of hydrogen-bond acceptors (Lipinski definition) is 8. The number of imidazole rings is 1. The SMILES string of the molecule is CCCN(C(=O)C(F)(F)F)C1(n2cnc3c(N[C@H](CO)Cc4ccccc4)nc(Cl)nc32)CCC(O)C1O. The first-order valence-corrected chi connectivity index (χ1v) is 12.5. The van der Waals surface area contributed by atoms with Crippen molar-refractivity contribution < 1.29 is 33.3 Å². The minimum atomic E-state index is -5.23. The van der Waals surface area contributed by atoms with Crippen LogP contribution in [0.15, 0.2) is 36.7 Å². The summed E-state index contributed by atoms with van der Waals surface area (Å²) in [6, 6.07) is 8.83.